The molecule has 1 aliphatic rings. The number of benzene rings is 2. The number of aryl methyl sites for hydroxylation is 2. The first-order valence-electron chi connectivity index (χ1n) is 8.77. The average Bonchev–Trinajstić information content (AvgIpc) is 3.13. The van der Waals surface area contributed by atoms with E-state index in [2.05, 4.69) is 27.8 Å². The third-order valence-electron chi connectivity index (χ3n) is 4.38. The van der Waals surface area contributed by atoms with Gasteiger partial charge in [0, 0.05) is 17.8 Å². The van der Waals surface area contributed by atoms with Crippen molar-refractivity contribution in [2.75, 3.05) is 25.5 Å². The molecule has 0 spiro atoms. The Bertz CT molecular complexity index is 823. The van der Waals surface area contributed by atoms with Crippen LogP contribution in [0.5, 0.6) is 5.75 Å². The number of hydrogen-bond acceptors (Lipinski definition) is 3. The predicted octanol–water partition coefficient (Wildman–Crippen LogP) is 2.96. The lowest BCUT2D eigenvalue weighted by Crippen LogP contribution is -2.28. The average molecular weight is 480 g/mol. The Hall–Kier alpha value is -2.29. The Balaban J connectivity index is 0.00000261. The predicted molar refractivity (Wildman–Crippen MR) is 119 cm³/mol. The molecule has 0 unspecified atom stereocenters. The van der Waals surface area contributed by atoms with Crippen molar-refractivity contribution in [3.63, 3.8) is 0 Å². The Labute approximate surface area is 176 Å². The molecule has 0 aliphatic heterocycles. The van der Waals surface area contributed by atoms with Crippen molar-refractivity contribution in [3.05, 3.63) is 59.2 Å². The van der Waals surface area contributed by atoms with Crippen LogP contribution in [0.25, 0.3) is 0 Å². The van der Waals surface area contributed by atoms with Crippen molar-refractivity contribution in [3.8, 4) is 5.75 Å². The molecular formula is C20H25IN4O2. The SMILES string of the molecule is COc1cccc(C(=O)NCCN=C(N)Nc2ccc3c(c2)CCC3)c1.I. The fourth-order valence-corrected chi connectivity index (χ4v) is 3.05. The summed E-state index contributed by atoms with van der Waals surface area (Å²) in [4.78, 5) is 16.4. The number of fused-ring (bicyclic) bond motifs is 1. The molecule has 1 aliphatic carbocycles. The van der Waals surface area contributed by atoms with Crippen LogP contribution in [-0.4, -0.2) is 32.1 Å². The number of carbonyl (C=O) groups excluding carboxylic acids is 1. The minimum atomic E-state index is -0.163. The molecule has 4 N–H and O–H groups in total. The molecule has 2 aromatic carbocycles. The molecule has 0 fully saturated rings. The molecule has 0 heterocycles. The first-order chi connectivity index (χ1) is 12.7. The van der Waals surface area contributed by atoms with Crippen LogP contribution >= 0.6 is 24.0 Å². The minimum Gasteiger partial charge on any atom is -0.497 e. The van der Waals surface area contributed by atoms with Gasteiger partial charge in [0.1, 0.15) is 5.75 Å². The third-order valence-corrected chi connectivity index (χ3v) is 4.38. The fourth-order valence-electron chi connectivity index (χ4n) is 3.05. The number of halogens is 1. The van der Waals surface area contributed by atoms with Crippen molar-refractivity contribution in [2.45, 2.75) is 19.3 Å². The van der Waals surface area contributed by atoms with Crippen molar-refractivity contribution in [2.24, 2.45) is 10.7 Å². The highest BCUT2D eigenvalue weighted by Crippen LogP contribution is 2.24. The van der Waals surface area contributed by atoms with Crippen molar-refractivity contribution in [1.82, 2.24) is 5.32 Å². The fraction of sp³-hybridized carbons (Fsp3) is 0.300. The maximum absolute atomic E-state index is 12.1. The molecule has 27 heavy (non-hydrogen) atoms. The molecule has 0 aromatic heterocycles. The van der Waals surface area contributed by atoms with Gasteiger partial charge in [0.2, 0.25) is 0 Å². The molecule has 7 heteroatoms. The molecule has 144 valence electrons. The van der Waals surface area contributed by atoms with E-state index in [-0.39, 0.29) is 29.9 Å². The number of ether oxygens (including phenoxy) is 1. The van der Waals surface area contributed by atoms with Crippen LogP contribution in [0.15, 0.2) is 47.5 Å². The number of nitrogens with zero attached hydrogens (tertiary/aromatic N) is 1. The summed E-state index contributed by atoms with van der Waals surface area (Å²) < 4.78 is 5.12. The lowest BCUT2D eigenvalue weighted by molar-refractivity contribution is 0.0954. The summed E-state index contributed by atoms with van der Waals surface area (Å²) in [7, 11) is 1.57. The number of hydrogen-bond donors (Lipinski definition) is 3. The van der Waals surface area contributed by atoms with Crippen LogP contribution in [0, 0.1) is 0 Å². The second kappa shape index (κ2) is 10.1. The Morgan fingerprint density at radius 2 is 2.00 bits per heavy atom. The summed E-state index contributed by atoms with van der Waals surface area (Å²) in [5, 5.41) is 5.92. The maximum Gasteiger partial charge on any atom is 0.251 e. The monoisotopic (exact) mass is 480 g/mol. The van der Waals surface area contributed by atoms with Gasteiger partial charge < -0.3 is 21.1 Å². The van der Waals surface area contributed by atoms with E-state index in [1.54, 1.807) is 31.4 Å². The molecular weight excluding hydrogens is 455 g/mol. The summed E-state index contributed by atoms with van der Waals surface area (Å²) in [5.74, 6) is 0.835. The zero-order valence-corrected chi connectivity index (χ0v) is 17.7. The van der Waals surface area contributed by atoms with E-state index in [0.29, 0.717) is 30.4 Å². The number of nitrogens with one attached hydrogen (secondary N) is 2. The molecule has 0 atom stereocenters. The number of nitrogens with two attached hydrogens (primary N) is 1. The summed E-state index contributed by atoms with van der Waals surface area (Å²) >= 11 is 0. The lowest BCUT2D eigenvalue weighted by atomic mass is 10.1. The van der Waals surface area contributed by atoms with Crippen molar-refractivity contribution < 1.29 is 9.53 Å². The van der Waals surface area contributed by atoms with E-state index >= 15 is 0 Å². The standard InChI is InChI=1S/C20H24N4O2.HI/c1-26-18-7-3-6-16(13-18)19(25)22-10-11-23-20(21)24-17-9-8-14-4-2-5-15(14)12-17;/h3,6-9,12-13H,2,4-5,10-11H2,1H3,(H,22,25)(H3,21,23,24);1H. The van der Waals surface area contributed by atoms with Gasteiger partial charge in [0.15, 0.2) is 5.96 Å². The summed E-state index contributed by atoms with van der Waals surface area (Å²) in [6, 6.07) is 13.3. The zero-order valence-electron chi connectivity index (χ0n) is 15.3. The van der Waals surface area contributed by atoms with Gasteiger partial charge in [-0.05, 0) is 60.7 Å². The second-order valence-electron chi connectivity index (χ2n) is 6.22. The summed E-state index contributed by atoms with van der Waals surface area (Å²) in [6.07, 6.45) is 3.50. The second-order valence-corrected chi connectivity index (χ2v) is 6.22. The number of methoxy groups -OCH3 is 1. The van der Waals surface area contributed by atoms with Gasteiger partial charge in [0.25, 0.3) is 5.91 Å². The highest BCUT2D eigenvalue weighted by atomic mass is 127. The molecule has 0 saturated carbocycles. The van der Waals surface area contributed by atoms with E-state index in [4.69, 9.17) is 10.5 Å². The number of carbonyl (C=O) groups is 1. The van der Waals surface area contributed by atoms with Gasteiger partial charge in [-0.25, -0.2) is 0 Å². The van der Waals surface area contributed by atoms with Gasteiger partial charge >= 0.3 is 0 Å². The largest absolute Gasteiger partial charge is 0.497 e. The van der Waals surface area contributed by atoms with E-state index in [1.165, 1.54) is 17.5 Å². The number of anilines is 1. The number of rotatable bonds is 6. The lowest BCUT2D eigenvalue weighted by Gasteiger charge is -2.08. The zero-order chi connectivity index (χ0) is 18.4. The van der Waals surface area contributed by atoms with Gasteiger partial charge in [-0.15, -0.1) is 24.0 Å². The van der Waals surface area contributed by atoms with Gasteiger partial charge in [0.05, 0.1) is 13.7 Å². The first-order valence-corrected chi connectivity index (χ1v) is 8.77. The molecule has 3 rings (SSSR count). The Kier molecular flexibility index (Phi) is 7.90. The number of guanidine groups is 1. The molecule has 1 amide bonds. The smallest absolute Gasteiger partial charge is 0.251 e. The molecule has 0 saturated heterocycles. The Morgan fingerprint density at radius 3 is 2.81 bits per heavy atom. The molecule has 0 bridgehead atoms. The van der Waals surface area contributed by atoms with Crippen LogP contribution < -0.4 is 21.1 Å². The van der Waals surface area contributed by atoms with E-state index in [9.17, 15) is 4.79 Å². The van der Waals surface area contributed by atoms with Crippen LogP contribution in [0.3, 0.4) is 0 Å². The van der Waals surface area contributed by atoms with Crippen molar-refractivity contribution in [1.29, 1.82) is 0 Å². The summed E-state index contributed by atoms with van der Waals surface area (Å²) in [6.45, 7) is 0.808. The van der Waals surface area contributed by atoms with E-state index < -0.39 is 0 Å². The highest BCUT2D eigenvalue weighted by Gasteiger charge is 2.11. The quantitative estimate of drug-likeness (QED) is 0.257. The van der Waals surface area contributed by atoms with Gasteiger partial charge in [-0.3, -0.25) is 9.79 Å². The summed E-state index contributed by atoms with van der Waals surface area (Å²) in [5.41, 5.74) is 10.2. The number of aliphatic imine (C=N–C) groups is 1. The van der Waals surface area contributed by atoms with E-state index in [0.717, 1.165) is 18.5 Å². The minimum absolute atomic E-state index is 0. The van der Waals surface area contributed by atoms with Crippen LogP contribution in [0.4, 0.5) is 5.69 Å². The molecule has 2 aromatic rings. The topological polar surface area (TPSA) is 88.7 Å². The number of amides is 1. The molecule has 0 radical (unpaired) electrons. The highest BCUT2D eigenvalue weighted by molar-refractivity contribution is 14.0. The maximum atomic E-state index is 12.1. The molecule has 6 nitrogen and oxygen atoms in total. The van der Waals surface area contributed by atoms with Crippen LogP contribution in [-0.2, 0) is 12.8 Å². The van der Waals surface area contributed by atoms with Gasteiger partial charge in [-0.2, -0.15) is 0 Å². The first kappa shape index (κ1) is 21.0. The van der Waals surface area contributed by atoms with Gasteiger partial charge in [-0.1, -0.05) is 12.1 Å². The van der Waals surface area contributed by atoms with Crippen molar-refractivity contribution >= 4 is 41.5 Å². The normalized spacial score (nSPS) is 12.7. The van der Waals surface area contributed by atoms with E-state index in [1.807, 2.05) is 6.07 Å². The Morgan fingerprint density at radius 1 is 1.19 bits per heavy atom. The van der Waals surface area contributed by atoms with Crippen LogP contribution in [0.2, 0.25) is 0 Å². The third kappa shape index (κ3) is 5.85. The van der Waals surface area contributed by atoms with Crippen LogP contribution in [0.1, 0.15) is 27.9 Å².